The van der Waals surface area contributed by atoms with Gasteiger partial charge in [0.15, 0.2) is 0 Å². The molecule has 5 atom stereocenters. The number of aliphatic hydroxyl groups is 3. The van der Waals surface area contributed by atoms with Gasteiger partial charge in [-0.2, -0.15) is 0 Å². The summed E-state index contributed by atoms with van der Waals surface area (Å²) < 4.78 is 5.20. The Hall–Kier alpha value is -1.64. The first kappa shape index (κ1) is 18.7. The predicted molar refractivity (Wildman–Crippen MR) is 82.7 cm³/mol. The summed E-state index contributed by atoms with van der Waals surface area (Å²) >= 11 is 0. The summed E-state index contributed by atoms with van der Waals surface area (Å²) in [6.07, 6.45) is -0.232. The van der Waals surface area contributed by atoms with Crippen LogP contribution in [0.5, 0.6) is 0 Å². The van der Waals surface area contributed by atoms with Crippen LogP contribution >= 0.6 is 0 Å². The molecular weight excluding hydrogens is 318 g/mol. The molecule has 0 aromatic carbocycles. The summed E-state index contributed by atoms with van der Waals surface area (Å²) in [5, 5.41) is 41.8. The lowest BCUT2D eigenvalue weighted by Crippen LogP contribution is -2.51. The number of carboxylic acid groups (broad SMARTS) is 1. The molecule has 5 N–H and O–H groups in total. The van der Waals surface area contributed by atoms with Crippen LogP contribution in [-0.2, 0) is 14.3 Å². The number of aliphatic hydroxyl groups excluding tert-OH is 3. The van der Waals surface area contributed by atoms with E-state index < -0.39 is 42.1 Å². The van der Waals surface area contributed by atoms with E-state index in [0.717, 1.165) is 31.8 Å². The van der Waals surface area contributed by atoms with E-state index in [1.165, 1.54) is 0 Å². The van der Waals surface area contributed by atoms with Crippen LogP contribution in [0.25, 0.3) is 0 Å². The quantitative estimate of drug-likeness (QED) is 0.433. The Bertz CT molecular complexity index is 501. The average Bonchev–Trinajstić information content (AvgIpc) is 3.08. The van der Waals surface area contributed by atoms with Crippen molar-refractivity contribution in [2.45, 2.75) is 57.0 Å². The van der Waals surface area contributed by atoms with Crippen LogP contribution in [0.15, 0.2) is 11.8 Å². The van der Waals surface area contributed by atoms with Crippen molar-refractivity contribution in [3.63, 3.8) is 0 Å². The minimum atomic E-state index is -1.44. The van der Waals surface area contributed by atoms with Crippen molar-refractivity contribution >= 4 is 11.9 Å². The highest BCUT2D eigenvalue weighted by molar-refractivity contribution is 5.84. The first-order valence-corrected chi connectivity index (χ1v) is 8.25. The molecular formula is C16H25NO7. The molecule has 1 heterocycles. The van der Waals surface area contributed by atoms with Gasteiger partial charge in [0.25, 0.3) is 0 Å². The van der Waals surface area contributed by atoms with Gasteiger partial charge in [0, 0.05) is 18.4 Å². The van der Waals surface area contributed by atoms with Crippen molar-refractivity contribution in [1.29, 1.82) is 0 Å². The molecule has 2 aliphatic rings. The van der Waals surface area contributed by atoms with E-state index in [1.54, 1.807) is 6.92 Å². The number of carboxylic acids is 1. The fourth-order valence-corrected chi connectivity index (χ4v) is 3.17. The Balaban J connectivity index is 1.91. The number of hydrogen-bond acceptors (Lipinski definition) is 6. The number of ether oxygens (including phenoxy) is 1. The van der Waals surface area contributed by atoms with E-state index in [4.69, 9.17) is 9.84 Å². The summed E-state index contributed by atoms with van der Waals surface area (Å²) in [7, 11) is 0. The number of rotatable bonds is 6. The predicted octanol–water partition coefficient (Wildman–Crippen LogP) is -0.621. The molecule has 1 aliphatic carbocycles. The summed E-state index contributed by atoms with van der Waals surface area (Å²) in [4.78, 5) is 22.9. The minimum absolute atomic E-state index is 0.0532. The molecule has 0 bridgehead atoms. The number of carbonyl (C=O) groups excluding carboxylic acids is 1. The highest BCUT2D eigenvalue weighted by Crippen LogP contribution is 2.27. The SMILES string of the molecule is C[C@@H]1C(O)C=C(C(=O)O)OC1[C@@H](O)[C@@H](O)CNC(=O)C1CCCC1. The fourth-order valence-electron chi connectivity index (χ4n) is 3.17. The van der Waals surface area contributed by atoms with Crippen molar-refractivity contribution in [3.8, 4) is 0 Å². The van der Waals surface area contributed by atoms with Crippen molar-refractivity contribution in [1.82, 2.24) is 5.32 Å². The fraction of sp³-hybridized carbons (Fsp3) is 0.750. The zero-order chi connectivity index (χ0) is 17.9. The second kappa shape index (κ2) is 7.96. The summed E-state index contributed by atoms with van der Waals surface area (Å²) in [6.45, 7) is 1.42. The summed E-state index contributed by atoms with van der Waals surface area (Å²) in [5.74, 6) is -2.64. The van der Waals surface area contributed by atoms with Crippen LogP contribution in [-0.4, -0.2) is 63.3 Å². The molecule has 0 aromatic rings. The highest BCUT2D eigenvalue weighted by atomic mass is 16.5. The van der Waals surface area contributed by atoms with Gasteiger partial charge in [0.2, 0.25) is 11.7 Å². The number of carbonyl (C=O) groups is 2. The second-order valence-corrected chi connectivity index (χ2v) is 6.55. The molecule has 0 radical (unpaired) electrons. The van der Waals surface area contributed by atoms with Crippen molar-refractivity contribution in [2.75, 3.05) is 6.54 Å². The van der Waals surface area contributed by atoms with Gasteiger partial charge in [-0.05, 0) is 18.9 Å². The van der Waals surface area contributed by atoms with Gasteiger partial charge < -0.3 is 30.5 Å². The third-order valence-corrected chi connectivity index (χ3v) is 4.80. The molecule has 2 unspecified atom stereocenters. The molecule has 1 saturated carbocycles. The molecule has 1 fully saturated rings. The molecule has 1 amide bonds. The van der Waals surface area contributed by atoms with E-state index in [-0.39, 0.29) is 18.4 Å². The standard InChI is InChI=1S/C16H25NO7/c1-8-10(18)6-12(16(22)23)24-14(8)13(20)11(19)7-17-15(21)9-4-2-3-5-9/h6,8-11,13-14,18-20H,2-5,7H2,1H3,(H,17,21)(H,22,23)/t8-,10?,11+,13+,14?/m1/s1. The van der Waals surface area contributed by atoms with Crippen LogP contribution in [0.2, 0.25) is 0 Å². The monoisotopic (exact) mass is 343 g/mol. The van der Waals surface area contributed by atoms with E-state index in [9.17, 15) is 24.9 Å². The Kier molecular flexibility index (Phi) is 6.20. The van der Waals surface area contributed by atoms with Gasteiger partial charge in [-0.3, -0.25) is 4.79 Å². The van der Waals surface area contributed by atoms with Crippen LogP contribution < -0.4 is 5.32 Å². The van der Waals surface area contributed by atoms with Crippen molar-refractivity contribution < 1.29 is 34.8 Å². The lowest BCUT2D eigenvalue weighted by Gasteiger charge is -2.36. The molecule has 24 heavy (non-hydrogen) atoms. The maximum Gasteiger partial charge on any atom is 0.370 e. The maximum atomic E-state index is 11.9. The smallest absolute Gasteiger partial charge is 0.370 e. The number of hydrogen-bond donors (Lipinski definition) is 5. The van der Waals surface area contributed by atoms with Gasteiger partial charge >= 0.3 is 5.97 Å². The van der Waals surface area contributed by atoms with Gasteiger partial charge in [-0.25, -0.2) is 4.79 Å². The Labute approximate surface area is 140 Å². The largest absolute Gasteiger partial charge is 0.480 e. The number of amides is 1. The lowest BCUT2D eigenvalue weighted by molar-refractivity contribution is -0.149. The number of aliphatic carboxylic acids is 1. The molecule has 8 nitrogen and oxygen atoms in total. The van der Waals surface area contributed by atoms with Crippen LogP contribution in [0.3, 0.4) is 0 Å². The second-order valence-electron chi connectivity index (χ2n) is 6.55. The zero-order valence-electron chi connectivity index (χ0n) is 13.6. The molecule has 0 aromatic heterocycles. The maximum absolute atomic E-state index is 11.9. The molecule has 2 rings (SSSR count). The van der Waals surface area contributed by atoms with Crippen molar-refractivity contribution in [2.24, 2.45) is 11.8 Å². The topological polar surface area (TPSA) is 136 Å². The Morgan fingerprint density at radius 2 is 1.96 bits per heavy atom. The normalized spacial score (nSPS) is 30.2. The molecule has 0 spiro atoms. The first-order chi connectivity index (χ1) is 11.3. The van der Waals surface area contributed by atoms with Crippen molar-refractivity contribution in [3.05, 3.63) is 11.8 Å². The van der Waals surface area contributed by atoms with E-state index in [0.29, 0.717) is 0 Å². The van der Waals surface area contributed by atoms with Crippen LogP contribution in [0.4, 0.5) is 0 Å². The third-order valence-electron chi connectivity index (χ3n) is 4.80. The third kappa shape index (κ3) is 4.25. The van der Waals surface area contributed by atoms with Crippen LogP contribution in [0, 0.1) is 11.8 Å². The number of nitrogens with one attached hydrogen (secondary N) is 1. The van der Waals surface area contributed by atoms with E-state index in [1.807, 2.05) is 0 Å². The van der Waals surface area contributed by atoms with E-state index in [2.05, 4.69) is 5.32 Å². The van der Waals surface area contributed by atoms with Crippen LogP contribution in [0.1, 0.15) is 32.6 Å². The zero-order valence-corrected chi connectivity index (χ0v) is 13.6. The average molecular weight is 343 g/mol. The van der Waals surface area contributed by atoms with Gasteiger partial charge in [0.05, 0.1) is 6.10 Å². The van der Waals surface area contributed by atoms with Gasteiger partial charge in [-0.15, -0.1) is 0 Å². The van der Waals surface area contributed by atoms with Gasteiger partial charge in [0.1, 0.15) is 18.3 Å². The lowest BCUT2D eigenvalue weighted by atomic mass is 9.89. The molecule has 1 aliphatic heterocycles. The first-order valence-electron chi connectivity index (χ1n) is 8.25. The Morgan fingerprint density at radius 3 is 2.54 bits per heavy atom. The summed E-state index contributed by atoms with van der Waals surface area (Å²) in [5.41, 5.74) is 0. The highest BCUT2D eigenvalue weighted by Gasteiger charge is 2.40. The van der Waals surface area contributed by atoms with E-state index >= 15 is 0 Å². The molecule has 8 heteroatoms. The molecule has 0 saturated heterocycles. The minimum Gasteiger partial charge on any atom is -0.480 e. The van der Waals surface area contributed by atoms with Gasteiger partial charge in [-0.1, -0.05) is 19.8 Å². The Morgan fingerprint density at radius 1 is 1.33 bits per heavy atom. The summed E-state index contributed by atoms with van der Waals surface area (Å²) in [6, 6.07) is 0. The molecule has 136 valence electrons.